The van der Waals surface area contributed by atoms with E-state index in [9.17, 15) is 4.79 Å². The van der Waals surface area contributed by atoms with Gasteiger partial charge in [0.05, 0.1) is 25.9 Å². The zero-order chi connectivity index (χ0) is 14.2. The number of piperazine rings is 1. The molecule has 1 heterocycles. The third-order valence-electron chi connectivity index (χ3n) is 3.41. The van der Waals surface area contributed by atoms with E-state index >= 15 is 0 Å². The summed E-state index contributed by atoms with van der Waals surface area (Å²) in [5.74, 6) is -0.309. The van der Waals surface area contributed by atoms with Crippen molar-refractivity contribution in [3.8, 4) is 0 Å². The second-order valence-corrected chi connectivity index (χ2v) is 4.83. The van der Waals surface area contributed by atoms with Gasteiger partial charge in [0.15, 0.2) is 0 Å². The molecule has 0 unspecified atom stereocenters. The van der Waals surface area contributed by atoms with Crippen LogP contribution >= 0.6 is 0 Å². The fourth-order valence-corrected chi connectivity index (χ4v) is 2.17. The summed E-state index contributed by atoms with van der Waals surface area (Å²) < 4.78 is 10.3. The van der Waals surface area contributed by atoms with Crippen molar-refractivity contribution >= 4 is 5.97 Å². The highest BCUT2D eigenvalue weighted by Crippen LogP contribution is 2.07. The van der Waals surface area contributed by atoms with Gasteiger partial charge in [0.1, 0.15) is 0 Å². The van der Waals surface area contributed by atoms with E-state index in [1.54, 1.807) is 12.1 Å². The number of carbonyl (C=O) groups excluding carboxylic acids is 1. The fraction of sp³-hybridized carbons (Fsp3) is 0.533. The summed E-state index contributed by atoms with van der Waals surface area (Å²) in [7, 11) is 1.38. The molecule has 2 rings (SSSR count). The number of esters is 1. The maximum atomic E-state index is 11.3. The smallest absolute Gasteiger partial charge is 0.337 e. The molecular formula is C15H22N2O3. The molecule has 1 fully saturated rings. The van der Waals surface area contributed by atoms with Crippen molar-refractivity contribution in [2.75, 3.05) is 46.4 Å². The van der Waals surface area contributed by atoms with Crippen molar-refractivity contribution in [2.45, 2.75) is 6.61 Å². The molecule has 5 heteroatoms. The molecule has 1 N–H and O–H groups in total. The number of nitrogens with zero attached hydrogens (tertiary/aromatic N) is 1. The quantitative estimate of drug-likeness (QED) is 0.619. The lowest BCUT2D eigenvalue weighted by atomic mass is 10.1. The number of methoxy groups -OCH3 is 1. The Morgan fingerprint density at radius 2 is 1.95 bits per heavy atom. The molecule has 0 bridgehead atoms. The van der Waals surface area contributed by atoms with Crippen molar-refractivity contribution in [1.29, 1.82) is 0 Å². The molecule has 20 heavy (non-hydrogen) atoms. The Morgan fingerprint density at radius 1 is 1.25 bits per heavy atom. The van der Waals surface area contributed by atoms with Gasteiger partial charge in [0, 0.05) is 32.7 Å². The lowest BCUT2D eigenvalue weighted by molar-refractivity contribution is 0.0600. The number of ether oxygens (including phenoxy) is 2. The zero-order valence-corrected chi connectivity index (χ0v) is 11.9. The molecule has 1 aromatic carbocycles. The van der Waals surface area contributed by atoms with E-state index < -0.39 is 0 Å². The minimum atomic E-state index is -0.309. The molecule has 5 nitrogen and oxygen atoms in total. The van der Waals surface area contributed by atoms with E-state index in [-0.39, 0.29) is 5.97 Å². The molecule has 1 saturated heterocycles. The van der Waals surface area contributed by atoms with Crippen LogP contribution in [0.5, 0.6) is 0 Å². The lowest BCUT2D eigenvalue weighted by Gasteiger charge is -2.26. The minimum Gasteiger partial charge on any atom is -0.465 e. The van der Waals surface area contributed by atoms with Crippen LogP contribution in [0.1, 0.15) is 15.9 Å². The summed E-state index contributed by atoms with van der Waals surface area (Å²) in [5.41, 5.74) is 1.63. The standard InChI is InChI=1S/C15H22N2O3/c1-19-15(18)14-4-2-13(3-5-14)12-20-11-10-17-8-6-16-7-9-17/h2-5,16H,6-12H2,1H3. The number of benzene rings is 1. The molecule has 1 aromatic rings. The van der Waals surface area contributed by atoms with E-state index in [1.165, 1.54) is 7.11 Å². The molecule has 0 aliphatic carbocycles. The number of carbonyl (C=O) groups is 1. The summed E-state index contributed by atoms with van der Waals surface area (Å²) >= 11 is 0. The van der Waals surface area contributed by atoms with Crippen molar-refractivity contribution in [1.82, 2.24) is 10.2 Å². The molecule has 0 spiro atoms. The summed E-state index contributed by atoms with van der Waals surface area (Å²) in [6, 6.07) is 7.33. The van der Waals surface area contributed by atoms with Gasteiger partial charge in [0.25, 0.3) is 0 Å². The molecule has 1 aliphatic rings. The van der Waals surface area contributed by atoms with Gasteiger partial charge in [-0.2, -0.15) is 0 Å². The first-order chi connectivity index (χ1) is 9.79. The molecule has 0 radical (unpaired) electrons. The maximum absolute atomic E-state index is 11.3. The predicted molar refractivity (Wildman–Crippen MR) is 76.7 cm³/mol. The van der Waals surface area contributed by atoms with Gasteiger partial charge >= 0.3 is 5.97 Å². The van der Waals surface area contributed by atoms with Gasteiger partial charge in [-0.05, 0) is 17.7 Å². The van der Waals surface area contributed by atoms with Crippen LogP contribution in [-0.4, -0.2) is 57.3 Å². The summed E-state index contributed by atoms with van der Waals surface area (Å²) in [6.07, 6.45) is 0. The van der Waals surface area contributed by atoms with Gasteiger partial charge < -0.3 is 14.8 Å². The van der Waals surface area contributed by atoms with Crippen molar-refractivity contribution in [3.05, 3.63) is 35.4 Å². The van der Waals surface area contributed by atoms with E-state index in [2.05, 4.69) is 15.0 Å². The Kier molecular flexibility index (Phi) is 5.98. The molecular weight excluding hydrogens is 256 g/mol. The Labute approximate surface area is 119 Å². The Morgan fingerprint density at radius 3 is 2.60 bits per heavy atom. The van der Waals surface area contributed by atoms with Crippen LogP contribution in [0.25, 0.3) is 0 Å². The normalized spacial score (nSPS) is 16.1. The van der Waals surface area contributed by atoms with Crippen LogP contribution in [0.4, 0.5) is 0 Å². The van der Waals surface area contributed by atoms with E-state index in [0.29, 0.717) is 12.2 Å². The minimum absolute atomic E-state index is 0.309. The third kappa shape index (κ3) is 4.59. The van der Waals surface area contributed by atoms with Crippen LogP contribution < -0.4 is 5.32 Å². The lowest BCUT2D eigenvalue weighted by Crippen LogP contribution is -2.44. The highest BCUT2D eigenvalue weighted by atomic mass is 16.5. The second kappa shape index (κ2) is 7.99. The summed E-state index contributed by atoms with van der Waals surface area (Å²) in [4.78, 5) is 13.7. The van der Waals surface area contributed by atoms with Crippen LogP contribution in [0.2, 0.25) is 0 Å². The van der Waals surface area contributed by atoms with Crippen LogP contribution in [0.3, 0.4) is 0 Å². The van der Waals surface area contributed by atoms with Crippen molar-refractivity contribution < 1.29 is 14.3 Å². The topological polar surface area (TPSA) is 50.8 Å². The average Bonchev–Trinajstić information content (AvgIpc) is 2.52. The van der Waals surface area contributed by atoms with E-state index in [1.807, 2.05) is 12.1 Å². The zero-order valence-electron chi connectivity index (χ0n) is 11.9. The van der Waals surface area contributed by atoms with E-state index in [0.717, 1.165) is 44.9 Å². The molecule has 1 aliphatic heterocycles. The first-order valence-electron chi connectivity index (χ1n) is 6.97. The largest absolute Gasteiger partial charge is 0.465 e. The second-order valence-electron chi connectivity index (χ2n) is 4.83. The molecule has 110 valence electrons. The van der Waals surface area contributed by atoms with Crippen molar-refractivity contribution in [3.63, 3.8) is 0 Å². The van der Waals surface area contributed by atoms with Crippen LogP contribution in [0.15, 0.2) is 24.3 Å². The highest BCUT2D eigenvalue weighted by Gasteiger charge is 2.08. The van der Waals surface area contributed by atoms with Gasteiger partial charge in [-0.1, -0.05) is 12.1 Å². The van der Waals surface area contributed by atoms with Gasteiger partial charge in [-0.15, -0.1) is 0 Å². The average molecular weight is 278 g/mol. The van der Waals surface area contributed by atoms with Gasteiger partial charge in [-0.3, -0.25) is 4.90 Å². The third-order valence-corrected chi connectivity index (χ3v) is 3.41. The number of rotatable bonds is 6. The first-order valence-corrected chi connectivity index (χ1v) is 6.97. The number of hydrogen-bond donors (Lipinski definition) is 1. The molecule has 0 aromatic heterocycles. The van der Waals surface area contributed by atoms with Crippen molar-refractivity contribution in [2.24, 2.45) is 0 Å². The fourth-order valence-electron chi connectivity index (χ4n) is 2.17. The predicted octanol–water partition coefficient (Wildman–Crippen LogP) is 0.895. The Bertz CT molecular complexity index is 414. The number of nitrogens with one attached hydrogen (secondary N) is 1. The molecule has 0 atom stereocenters. The van der Waals surface area contributed by atoms with Crippen LogP contribution in [0, 0.1) is 0 Å². The monoisotopic (exact) mass is 278 g/mol. The molecule has 0 amide bonds. The van der Waals surface area contributed by atoms with Gasteiger partial charge in [-0.25, -0.2) is 4.79 Å². The molecule has 0 saturated carbocycles. The summed E-state index contributed by atoms with van der Waals surface area (Å²) in [6.45, 7) is 6.60. The van der Waals surface area contributed by atoms with Gasteiger partial charge in [0.2, 0.25) is 0 Å². The maximum Gasteiger partial charge on any atom is 0.337 e. The SMILES string of the molecule is COC(=O)c1ccc(COCCN2CCNCC2)cc1. The van der Waals surface area contributed by atoms with Crippen LogP contribution in [-0.2, 0) is 16.1 Å². The highest BCUT2D eigenvalue weighted by molar-refractivity contribution is 5.89. The Hall–Kier alpha value is -1.43. The Balaban J connectivity index is 1.67. The summed E-state index contributed by atoms with van der Waals surface area (Å²) in [5, 5.41) is 3.33. The number of hydrogen-bond acceptors (Lipinski definition) is 5. The van der Waals surface area contributed by atoms with E-state index in [4.69, 9.17) is 4.74 Å². The first kappa shape index (κ1) is 15.0.